The Balaban J connectivity index is 1.39. The van der Waals surface area contributed by atoms with Gasteiger partial charge in [-0.1, -0.05) is 56.3 Å². The molecule has 0 spiro atoms. The van der Waals surface area contributed by atoms with Crippen LogP contribution in [0.1, 0.15) is 41.7 Å². The van der Waals surface area contributed by atoms with Crippen molar-refractivity contribution in [2.45, 2.75) is 24.9 Å². The van der Waals surface area contributed by atoms with E-state index in [2.05, 4.69) is 49.1 Å². The van der Waals surface area contributed by atoms with Gasteiger partial charge in [0.15, 0.2) is 5.60 Å². The number of rotatable bonds is 7. The van der Waals surface area contributed by atoms with E-state index in [0.29, 0.717) is 19.0 Å². The second-order valence-electron chi connectivity index (χ2n) is 13.1. The number of nitrogens with zero attached hydrogens (tertiary/aromatic N) is 1. The molecule has 1 fully saturated rings. The first-order chi connectivity index (χ1) is 23.3. The van der Waals surface area contributed by atoms with Crippen LogP contribution in [0.25, 0.3) is 28.0 Å². The van der Waals surface area contributed by atoms with Crippen molar-refractivity contribution in [2.75, 3.05) is 51.5 Å². The van der Waals surface area contributed by atoms with Crippen LogP contribution >= 0.6 is 0 Å². The van der Waals surface area contributed by atoms with E-state index in [0.717, 1.165) is 80.0 Å². The fourth-order valence-corrected chi connectivity index (χ4v) is 7.74. The molecular weight excluding hydrogens is 605 g/mol. The van der Waals surface area contributed by atoms with Gasteiger partial charge >= 0.3 is 0 Å². The maximum absolute atomic E-state index is 14.8. The molecule has 6 nitrogen and oxygen atoms in total. The molecule has 2 heterocycles. The van der Waals surface area contributed by atoms with Crippen molar-refractivity contribution in [3.63, 3.8) is 0 Å². The van der Waals surface area contributed by atoms with Crippen molar-refractivity contribution in [3.8, 4) is 28.4 Å². The molecule has 7 heteroatoms. The molecule has 5 aromatic rings. The van der Waals surface area contributed by atoms with Gasteiger partial charge in [-0.2, -0.15) is 0 Å². The Labute approximate surface area is 279 Å². The average molecular weight is 644 g/mol. The minimum Gasteiger partial charge on any atom is -0.497 e. The van der Waals surface area contributed by atoms with Gasteiger partial charge in [0.1, 0.15) is 29.7 Å². The van der Waals surface area contributed by atoms with Gasteiger partial charge in [-0.05, 0) is 82.2 Å². The van der Waals surface area contributed by atoms with Crippen LogP contribution in [0.2, 0.25) is 0 Å². The number of aliphatic hydroxyl groups excluding tert-OH is 1. The number of fused-ring (bicyclic) bond motifs is 8. The third-order valence-corrected chi connectivity index (χ3v) is 10.1. The number of aliphatic hydroxyl groups is 1. The summed E-state index contributed by atoms with van der Waals surface area (Å²) < 4.78 is 39.1. The molecule has 0 amide bonds. The highest BCUT2D eigenvalue weighted by atomic mass is 19.1. The van der Waals surface area contributed by atoms with Gasteiger partial charge in [0, 0.05) is 46.3 Å². The molecule has 0 aromatic heterocycles. The first kappa shape index (κ1) is 30.5. The van der Waals surface area contributed by atoms with E-state index < -0.39 is 11.0 Å². The number of methoxy groups -OCH3 is 1. The lowest BCUT2D eigenvalue weighted by molar-refractivity contribution is 0.122. The summed E-state index contributed by atoms with van der Waals surface area (Å²) in [7, 11) is 1.66. The van der Waals surface area contributed by atoms with E-state index in [1.54, 1.807) is 19.2 Å². The fraction of sp³-hybridized carbons (Fsp3) is 0.268. The van der Waals surface area contributed by atoms with Crippen molar-refractivity contribution >= 4 is 22.5 Å². The number of ether oxygens (including phenoxy) is 4. The molecule has 5 aromatic carbocycles. The van der Waals surface area contributed by atoms with Crippen LogP contribution < -0.4 is 19.1 Å². The third-order valence-electron chi connectivity index (χ3n) is 10.1. The Kier molecular flexibility index (Phi) is 7.42. The van der Waals surface area contributed by atoms with Crippen molar-refractivity contribution in [1.82, 2.24) is 0 Å². The molecule has 1 atom stereocenters. The number of hydrogen-bond donors (Lipinski definition) is 1. The maximum atomic E-state index is 14.8. The Morgan fingerprint density at radius 2 is 1.56 bits per heavy atom. The van der Waals surface area contributed by atoms with Crippen molar-refractivity contribution in [2.24, 2.45) is 0 Å². The average Bonchev–Trinajstić information content (AvgIpc) is 3.36. The number of morpholine rings is 1. The molecule has 2 aliphatic heterocycles. The molecule has 244 valence electrons. The molecule has 1 N–H and O–H groups in total. The van der Waals surface area contributed by atoms with Gasteiger partial charge in [-0.15, -0.1) is 0 Å². The summed E-state index contributed by atoms with van der Waals surface area (Å²) in [6.07, 6.45) is 4.33. The zero-order chi connectivity index (χ0) is 33.0. The van der Waals surface area contributed by atoms with Crippen molar-refractivity contribution in [1.29, 1.82) is 0 Å². The first-order valence-electron chi connectivity index (χ1n) is 16.5. The first-order valence-corrected chi connectivity index (χ1v) is 16.5. The molecule has 0 radical (unpaired) electrons. The van der Waals surface area contributed by atoms with E-state index in [1.165, 1.54) is 0 Å². The molecule has 1 aliphatic carbocycles. The summed E-state index contributed by atoms with van der Waals surface area (Å²) in [4.78, 5) is 2.36. The normalized spacial score (nSPS) is 19.0. The quantitative estimate of drug-likeness (QED) is 0.195. The third kappa shape index (κ3) is 4.75. The molecule has 3 aliphatic rings. The largest absolute Gasteiger partial charge is 0.497 e. The van der Waals surface area contributed by atoms with Crippen LogP contribution in [0.4, 0.5) is 10.1 Å². The molecular formula is C41H38FNO5. The molecule has 1 unspecified atom stereocenters. The van der Waals surface area contributed by atoms with Gasteiger partial charge < -0.3 is 29.0 Å². The molecule has 0 bridgehead atoms. The predicted molar refractivity (Wildman–Crippen MR) is 187 cm³/mol. The topological polar surface area (TPSA) is 60.4 Å². The van der Waals surface area contributed by atoms with Gasteiger partial charge in [0.2, 0.25) is 0 Å². The zero-order valence-electron chi connectivity index (χ0n) is 27.4. The summed E-state index contributed by atoms with van der Waals surface area (Å²) in [6.45, 7) is 7.51. The van der Waals surface area contributed by atoms with Crippen LogP contribution in [-0.2, 0) is 15.8 Å². The molecule has 1 saturated heterocycles. The van der Waals surface area contributed by atoms with Gasteiger partial charge in [-0.3, -0.25) is 0 Å². The summed E-state index contributed by atoms with van der Waals surface area (Å²) in [6, 6.07) is 27.7. The van der Waals surface area contributed by atoms with E-state index in [-0.39, 0.29) is 19.0 Å². The summed E-state index contributed by atoms with van der Waals surface area (Å²) in [5.74, 6) is 1.98. The highest BCUT2D eigenvalue weighted by Gasteiger charge is 2.44. The van der Waals surface area contributed by atoms with Crippen LogP contribution in [-0.4, -0.2) is 51.7 Å². The van der Waals surface area contributed by atoms with Crippen LogP contribution in [0.3, 0.4) is 0 Å². The standard InChI is InChI=1S/C41H38FNO5/c1-40(2)36-24-28(42)8-14-33(36)37-32-15-9-29(43-18-21-46-22-19-43)25-35(32)39-34(38(37)40)16-17-41(48-39,26-4-10-30(45-3)11-5-26)27-6-12-31(13-7-27)47-23-20-44/h4-17,24-25,44H,18-23H2,1-3H3. The number of anilines is 1. The predicted octanol–water partition coefficient (Wildman–Crippen LogP) is 7.85. The summed E-state index contributed by atoms with van der Waals surface area (Å²) in [5, 5.41) is 11.4. The van der Waals surface area contributed by atoms with E-state index >= 15 is 0 Å². The lowest BCUT2D eigenvalue weighted by Crippen LogP contribution is -2.36. The highest BCUT2D eigenvalue weighted by Crippen LogP contribution is 2.58. The minimum atomic E-state index is -0.980. The Bertz CT molecular complexity index is 2050. The highest BCUT2D eigenvalue weighted by molar-refractivity contribution is 6.09. The Morgan fingerprint density at radius 1 is 0.854 bits per heavy atom. The smallest absolute Gasteiger partial charge is 0.178 e. The van der Waals surface area contributed by atoms with E-state index in [9.17, 15) is 9.50 Å². The van der Waals surface area contributed by atoms with Crippen molar-refractivity contribution < 1.29 is 28.4 Å². The number of benzene rings is 5. The minimum absolute atomic E-state index is 0.0587. The lowest BCUT2D eigenvalue weighted by Gasteiger charge is -2.38. The number of halogens is 1. The van der Waals surface area contributed by atoms with Crippen molar-refractivity contribution in [3.05, 3.63) is 125 Å². The second-order valence-corrected chi connectivity index (χ2v) is 13.1. The summed E-state index contributed by atoms with van der Waals surface area (Å²) in [5.41, 5.74) is 6.84. The summed E-state index contributed by atoms with van der Waals surface area (Å²) >= 11 is 0. The maximum Gasteiger partial charge on any atom is 0.178 e. The van der Waals surface area contributed by atoms with Gasteiger partial charge in [0.25, 0.3) is 0 Å². The van der Waals surface area contributed by atoms with E-state index in [1.807, 2.05) is 54.6 Å². The monoisotopic (exact) mass is 643 g/mol. The fourth-order valence-electron chi connectivity index (χ4n) is 7.74. The Hall–Kier alpha value is -4.85. The van der Waals surface area contributed by atoms with Crippen LogP contribution in [0.5, 0.6) is 17.2 Å². The Morgan fingerprint density at radius 3 is 2.25 bits per heavy atom. The van der Waals surface area contributed by atoms with Crippen LogP contribution in [0, 0.1) is 5.82 Å². The van der Waals surface area contributed by atoms with Crippen LogP contribution in [0.15, 0.2) is 91.0 Å². The SMILES string of the molecule is COc1ccc(C2(c3ccc(OCCO)cc3)C=Cc3c4c(c5ccc(N6CCOCC6)cc5c3O2)-c2ccc(F)cc2C4(C)C)cc1. The van der Waals surface area contributed by atoms with Gasteiger partial charge in [0.05, 0.1) is 26.9 Å². The lowest BCUT2D eigenvalue weighted by atomic mass is 9.76. The zero-order valence-corrected chi connectivity index (χ0v) is 27.4. The molecule has 48 heavy (non-hydrogen) atoms. The second kappa shape index (κ2) is 11.7. The number of hydrogen-bond acceptors (Lipinski definition) is 6. The molecule has 0 saturated carbocycles. The van der Waals surface area contributed by atoms with Gasteiger partial charge in [-0.25, -0.2) is 4.39 Å². The van der Waals surface area contributed by atoms with E-state index in [4.69, 9.17) is 18.9 Å². The molecule has 8 rings (SSSR count).